The van der Waals surface area contributed by atoms with E-state index in [1.165, 1.54) is 29.6 Å². The smallest absolute Gasteiger partial charge is 0 e. The maximum atomic E-state index is 3.11. The van der Waals surface area contributed by atoms with Gasteiger partial charge in [-0.2, -0.15) is 0 Å². The summed E-state index contributed by atoms with van der Waals surface area (Å²) >= 11 is 0. The van der Waals surface area contributed by atoms with Gasteiger partial charge in [-0.05, 0) is 85.0 Å². The molecule has 0 heterocycles. The quantitative estimate of drug-likeness (QED) is 0.351. The summed E-state index contributed by atoms with van der Waals surface area (Å²) in [6, 6.07) is 20.0. The van der Waals surface area contributed by atoms with Crippen molar-refractivity contribution in [1.82, 2.24) is 0 Å². The van der Waals surface area contributed by atoms with Gasteiger partial charge >= 0.3 is 0 Å². The van der Waals surface area contributed by atoms with Crippen molar-refractivity contribution in [1.29, 1.82) is 0 Å². The normalized spacial score (nSPS) is 18.4. The molecule has 2 aliphatic rings. The van der Waals surface area contributed by atoms with Crippen LogP contribution in [0.5, 0.6) is 0 Å². The number of rotatable bonds is 2. The van der Waals surface area contributed by atoms with E-state index in [1.54, 1.807) is 0 Å². The first-order valence-corrected chi connectivity index (χ1v) is 9.99. The molecule has 0 aromatic heterocycles. The Morgan fingerprint density at radius 1 is 0.400 bits per heavy atom. The molecule has 0 N–H and O–H groups in total. The minimum Gasteiger partial charge on any atom is -0.0622 e. The van der Waals surface area contributed by atoms with Gasteiger partial charge in [0.1, 0.15) is 0 Å². The van der Waals surface area contributed by atoms with Crippen LogP contribution >= 0.6 is 0 Å². The first-order valence-electron chi connectivity index (χ1n) is 9.99. The number of hydrogen-bond donors (Lipinski definition) is 0. The van der Waals surface area contributed by atoms with Crippen LogP contribution in [-0.4, -0.2) is 0 Å². The van der Waals surface area contributed by atoms with E-state index in [9.17, 15) is 0 Å². The zero-order valence-corrected chi connectivity index (χ0v) is 20.2. The van der Waals surface area contributed by atoms with Crippen LogP contribution in [-0.2, 0) is 21.7 Å². The molecule has 0 amide bonds. The fourth-order valence-electron chi connectivity index (χ4n) is 2.91. The van der Waals surface area contributed by atoms with Crippen LogP contribution in [0.25, 0.3) is 0 Å². The van der Waals surface area contributed by atoms with E-state index in [1.807, 2.05) is 92.8 Å². The molecule has 0 nitrogen and oxygen atoms in total. The predicted molar refractivity (Wildman–Crippen MR) is 124 cm³/mol. The summed E-state index contributed by atoms with van der Waals surface area (Å²) < 4.78 is 0. The number of hydrogen-bond acceptors (Lipinski definition) is 0. The van der Waals surface area contributed by atoms with Crippen molar-refractivity contribution in [2.24, 2.45) is 0 Å². The maximum absolute atomic E-state index is 3.11. The Morgan fingerprint density at radius 3 is 0.867 bits per heavy atom. The maximum Gasteiger partial charge on any atom is 0 e. The van der Waals surface area contributed by atoms with E-state index in [0.29, 0.717) is 0 Å². The molecular formula is C29H30Ti. The Hall–Kier alpha value is -1.11. The van der Waals surface area contributed by atoms with E-state index >= 15 is 0 Å². The summed E-state index contributed by atoms with van der Waals surface area (Å²) in [5.41, 5.74) is 2.10. The van der Waals surface area contributed by atoms with E-state index in [0.717, 1.165) is 11.1 Å². The first-order chi connectivity index (χ1) is 14.0. The zero-order valence-electron chi connectivity index (χ0n) is 18.7. The SMILES string of the molecule is C[C]1[C](C)[C](C)[C](C)[C]1C.[CH]1[CH][CH][CH][CH]1.[C](=[C]c1ccccc1)c1ccccc1.[Ti]. The molecule has 12 radical (unpaired) electrons. The van der Waals surface area contributed by atoms with Gasteiger partial charge in [-0.3, -0.25) is 0 Å². The molecule has 0 saturated heterocycles. The molecular weight excluding hydrogens is 396 g/mol. The second kappa shape index (κ2) is 14.8. The van der Waals surface area contributed by atoms with E-state index in [2.05, 4.69) is 46.8 Å². The minimum absolute atomic E-state index is 0. The van der Waals surface area contributed by atoms with Crippen LogP contribution in [0.3, 0.4) is 0 Å². The van der Waals surface area contributed by atoms with Crippen LogP contribution in [0.15, 0.2) is 60.7 Å². The van der Waals surface area contributed by atoms with Gasteiger partial charge in [0.25, 0.3) is 0 Å². The molecule has 2 saturated carbocycles. The predicted octanol–water partition coefficient (Wildman–Crippen LogP) is 7.24. The molecule has 2 fully saturated rings. The Bertz CT molecular complexity index is 593. The first kappa shape index (κ1) is 26.9. The summed E-state index contributed by atoms with van der Waals surface area (Å²) in [6.07, 6.45) is 16.2. The Labute approximate surface area is 201 Å². The molecule has 1 heteroatoms. The fraction of sp³-hybridized carbons (Fsp3) is 0.172. The molecule has 150 valence electrons. The second-order valence-corrected chi connectivity index (χ2v) is 7.07. The largest absolute Gasteiger partial charge is 0.0622 e. The van der Waals surface area contributed by atoms with Gasteiger partial charge in [-0.25, -0.2) is 0 Å². The molecule has 2 aliphatic carbocycles. The van der Waals surface area contributed by atoms with Crippen molar-refractivity contribution in [3.8, 4) is 0 Å². The standard InChI is InChI=1S/C14H10.C10H15.C5H5.Ti/c1-3-7-13(8-4-1)11-12-14-9-5-2-6-10-14;1-6-7(2)9(4)10(5)8(6)3;1-2-4-5-3-1;/h1-10H;1-5H3;1-5H;. The van der Waals surface area contributed by atoms with Gasteiger partial charge in [0.15, 0.2) is 0 Å². The van der Waals surface area contributed by atoms with Gasteiger partial charge in [0.2, 0.25) is 0 Å². The van der Waals surface area contributed by atoms with Crippen molar-refractivity contribution >= 4 is 0 Å². The zero-order chi connectivity index (χ0) is 21.1. The third kappa shape index (κ3) is 8.95. The molecule has 0 aliphatic heterocycles. The molecule has 0 spiro atoms. The van der Waals surface area contributed by atoms with Crippen molar-refractivity contribution in [3.05, 3.63) is 146 Å². The molecule has 0 atom stereocenters. The fourth-order valence-corrected chi connectivity index (χ4v) is 2.91. The minimum atomic E-state index is 0. The molecule has 0 unspecified atom stereocenters. The van der Waals surface area contributed by atoms with Crippen LogP contribution in [0.2, 0.25) is 0 Å². The average Bonchev–Trinajstić information content (AvgIpc) is 3.41. The van der Waals surface area contributed by atoms with Gasteiger partial charge < -0.3 is 0 Å². The van der Waals surface area contributed by atoms with Crippen molar-refractivity contribution in [2.75, 3.05) is 0 Å². The molecule has 0 bridgehead atoms. The molecule has 4 rings (SSSR count). The topological polar surface area (TPSA) is 0 Å². The monoisotopic (exact) mass is 426 g/mol. The van der Waals surface area contributed by atoms with Crippen LogP contribution in [0, 0.1) is 73.8 Å². The summed E-state index contributed by atoms with van der Waals surface area (Å²) in [6.45, 7) is 11.0. The van der Waals surface area contributed by atoms with Gasteiger partial charge in [-0.15, -0.1) is 0 Å². The van der Waals surface area contributed by atoms with E-state index < -0.39 is 0 Å². The Balaban J connectivity index is 0.000000246. The van der Waals surface area contributed by atoms with Gasteiger partial charge in [0, 0.05) is 21.7 Å². The van der Waals surface area contributed by atoms with Crippen LogP contribution in [0.1, 0.15) is 45.7 Å². The summed E-state index contributed by atoms with van der Waals surface area (Å²) in [4.78, 5) is 0. The summed E-state index contributed by atoms with van der Waals surface area (Å²) in [5, 5.41) is 0. The third-order valence-corrected chi connectivity index (χ3v) is 5.27. The summed E-state index contributed by atoms with van der Waals surface area (Å²) in [7, 11) is 0. The van der Waals surface area contributed by atoms with E-state index in [-0.39, 0.29) is 21.7 Å². The van der Waals surface area contributed by atoms with Crippen molar-refractivity contribution in [3.63, 3.8) is 0 Å². The molecule has 2 aromatic carbocycles. The molecule has 30 heavy (non-hydrogen) atoms. The Kier molecular flexibility index (Phi) is 13.3. The Morgan fingerprint density at radius 2 is 0.633 bits per heavy atom. The third-order valence-electron chi connectivity index (χ3n) is 5.27. The van der Waals surface area contributed by atoms with E-state index in [4.69, 9.17) is 0 Å². The van der Waals surface area contributed by atoms with Gasteiger partial charge in [-0.1, -0.05) is 95.3 Å². The average molecular weight is 426 g/mol. The number of benzene rings is 2. The molecule has 2 aromatic rings. The van der Waals surface area contributed by atoms with Gasteiger partial charge in [0.05, 0.1) is 0 Å². The van der Waals surface area contributed by atoms with Crippen LogP contribution < -0.4 is 0 Å². The van der Waals surface area contributed by atoms with Crippen molar-refractivity contribution in [2.45, 2.75) is 34.6 Å². The summed E-state index contributed by atoms with van der Waals surface area (Å²) in [5.74, 6) is 7.34. The van der Waals surface area contributed by atoms with Crippen LogP contribution in [0.4, 0.5) is 0 Å². The van der Waals surface area contributed by atoms with Crippen molar-refractivity contribution < 1.29 is 21.7 Å². The second-order valence-electron chi connectivity index (χ2n) is 7.07.